The fourth-order valence-corrected chi connectivity index (χ4v) is 2.48. The first-order valence-electron chi connectivity index (χ1n) is 8.06. The summed E-state index contributed by atoms with van der Waals surface area (Å²) in [5, 5.41) is 9.97. The average Bonchev–Trinajstić information content (AvgIpc) is 3.06. The molecule has 0 spiro atoms. The Bertz CT molecular complexity index is 847. The van der Waals surface area contributed by atoms with Crippen molar-refractivity contribution in [3.05, 3.63) is 71.4 Å². The van der Waals surface area contributed by atoms with Gasteiger partial charge in [-0.25, -0.2) is 0 Å². The minimum atomic E-state index is -0.193. The van der Waals surface area contributed by atoms with E-state index in [9.17, 15) is 4.79 Å². The van der Waals surface area contributed by atoms with Crippen LogP contribution in [0.25, 0.3) is 11.3 Å². The van der Waals surface area contributed by atoms with Crippen LogP contribution in [-0.2, 0) is 0 Å². The average molecular weight is 319 g/mol. The van der Waals surface area contributed by atoms with Gasteiger partial charge in [0.15, 0.2) is 0 Å². The van der Waals surface area contributed by atoms with E-state index in [1.54, 1.807) is 6.07 Å². The Labute approximate surface area is 141 Å². The van der Waals surface area contributed by atoms with Crippen LogP contribution >= 0.6 is 0 Å². The summed E-state index contributed by atoms with van der Waals surface area (Å²) < 4.78 is 0. The highest BCUT2D eigenvalue weighted by atomic mass is 16.1. The molecule has 1 heterocycles. The Kier molecular flexibility index (Phi) is 4.47. The SMILES string of the molecule is Cc1ccc(-c2cc(C(=O)Nc3cccc(C(C)C)c3)[nH]n2)cc1. The monoisotopic (exact) mass is 319 g/mol. The third kappa shape index (κ3) is 3.54. The molecule has 4 nitrogen and oxygen atoms in total. The maximum Gasteiger partial charge on any atom is 0.273 e. The lowest BCUT2D eigenvalue weighted by Crippen LogP contribution is -2.12. The number of anilines is 1. The highest BCUT2D eigenvalue weighted by Crippen LogP contribution is 2.21. The molecule has 3 rings (SSSR count). The Morgan fingerprint density at radius 1 is 1.08 bits per heavy atom. The van der Waals surface area contributed by atoms with E-state index < -0.39 is 0 Å². The van der Waals surface area contributed by atoms with Gasteiger partial charge in [0.2, 0.25) is 0 Å². The molecular formula is C20H21N3O. The van der Waals surface area contributed by atoms with E-state index in [1.807, 2.05) is 49.4 Å². The second kappa shape index (κ2) is 6.71. The molecule has 0 unspecified atom stereocenters. The van der Waals surface area contributed by atoms with Crippen LogP contribution in [0.3, 0.4) is 0 Å². The molecule has 0 saturated heterocycles. The quantitative estimate of drug-likeness (QED) is 0.728. The van der Waals surface area contributed by atoms with Gasteiger partial charge in [-0.1, -0.05) is 55.8 Å². The van der Waals surface area contributed by atoms with Gasteiger partial charge in [-0.05, 0) is 36.6 Å². The standard InChI is InChI=1S/C20H21N3O/c1-13(2)16-5-4-6-17(11-16)21-20(24)19-12-18(22-23-19)15-9-7-14(3)8-10-15/h4-13H,1-3H3,(H,21,24)(H,22,23). The maximum atomic E-state index is 12.4. The van der Waals surface area contributed by atoms with Crippen LogP contribution in [-0.4, -0.2) is 16.1 Å². The lowest BCUT2D eigenvalue weighted by atomic mass is 10.0. The first kappa shape index (κ1) is 16.0. The molecule has 0 atom stereocenters. The lowest BCUT2D eigenvalue weighted by molar-refractivity contribution is 0.102. The Morgan fingerprint density at radius 3 is 2.54 bits per heavy atom. The maximum absolute atomic E-state index is 12.4. The molecule has 0 aliphatic rings. The van der Waals surface area contributed by atoms with Gasteiger partial charge in [0.1, 0.15) is 5.69 Å². The summed E-state index contributed by atoms with van der Waals surface area (Å²) in [6, 6.07) is 17.7. The van der Waals surface area contributed by atoms with Crippen LogP contribution < -0.4 is 5.32 Å². The van der Waals surface area contributed by atoms with Gasteiger partial charge in [-0.3, -0.25) is 9.89 Å². The molecule has 2 N–H and O–H groups in total. The van der Waals surface area contributed by atoms with E-state index in [4.69, 9.17) is 0 Å². The number of nitrogens with zero attached hydrogens (tertiary/aromatic N) is 1. The summed E-state index contributed by atoms with van der Waals surface area (Å²) in [4.78, 5) is 12.4. The highest BCUT2D eigenvalue weighted by molar-refractivity contribution is 6.03. The number of carbonyl (C=O) groups is 1. The van der Waals surface area contributed by atoms with Crippen molar-refractivity contribution in [3.63, 3.8) is 0 Å². The lowest BCUT2D eigenvalue weighted by Gasteiger charge is -2.08. The molecule has 0 bridgehead atoms. The number of aromatic amines is 1. The molecule has 0 aliphatic carbocycles. The second-order valence-electron chi connectivity index (χ2n) is 6.27. The number of benzene rings is 2. The molecule has 0 aliphatic heterocycles. The summed E-state index contributed by atoms with van der Waals surface area (Å²) in [6.07, 6.45) is 0. The van der Waals surface area contributed by atoms with Crippen molar-refractivity contribution in [3.8, 4) is 11.3 Å². The fraction of sp³-hybridized carbons (Fsp3) is 0.200. The van der Waals surface area contributed by atoms with Crippen LogP contribution in [0.2, 0.25) is 0 Å². The van der Waals surface area contributed by atoms with E-state index >= 15 is 0 Å². The van der Waals surface area contributed by atoms with Crippen molar-refractivity contribution >= 4 is 11.6 Å². The second-order valence-corrected chi connectivity index (χ2v) is 6.27. The zero-order valence-electron chi connectivity index (χ0n) is 14.1. The van der Waals surface area contributed by atoms with Crippen molar-refractivity contribution in [2.45, 2.75) is 26.7 Å². The minimum Gasteiger partial charge on any atom is -0.321 e. The van der Waals surface area contributed by atoms with Gasteiger partial charge in [0.25, 0.3) is 5.91 Å². The van der Waals surface area contributed by atoms with E-state index in [1.165, 1.54) is 11.1 Å². The predicted molar refractivity (Wildman–Crippen MR) is 97.2 cm³/mol. The van der Waals surface area contributed by atoms with Crippen molar-refractivity contribution in [2.75, 3.05) is 5.32 Å². The van der Waals surface area contributed by atoms with Crippen molar-refractivity contribution < 1.29 is 4.79 Å². The fourth-order valence-electron chi connectivity index (χ4n) is 2.48. The van der Waals surface area contributed by atoms with Crippen molar-refractivity contribution in [2.24, 2.45) is 0 Å². The number of aryl methyl sites for hydroxylation is 1. The molecule has 3 aromatic rings. The molecule has 122 valence electrons. The number of H-pyrrole nitrogens is 1. The molecule has 4 heteroatoms. The molecule has 24 heavy (non-hydrogen) atoms. The molecule has 0 radical (unpaired) electrons. The summed E-state index contributed by atoms with van der Waals surface area (Å²) in [5.74, 6) is 0.226. The first-order chi connectivity index (χ1) is 11.5. The van der Waals surface area contributed by atoms with Crippen LogP contribution in [0.5, 0.6) is 0 Å². The topological polar surface area (TPSA) is 57.8 Å². The number of carbonyl (C=O) groups excluding carboxylic acids is 1. The van der Waals surface area contributed by atoms with E-state index in [-0.39, 0.29) is 5.91 Å². The van der Waals surface area contributed by atoms with Gasteiger partial charge in [0, 0.05) is 11.3 Å². The van der Waals surface area contributed by atoms with Crippen LogP contribution in [0.1, 0.15) is 41.4 Å². The van der Waals surface area contributed by atoms with E-state index in [2.05, 4.69) is 35.4 Å². The smallest absolute Gasteiger partial charge is 0.273 e. The minimum absolute atomic E-state index is 0.193. The summed E-state index contributed by atoms with van der Waals surface area (Å²) in [5.41, 5.74) is 5.36. The summed E-state index contributed by atoms with van der Waals surface area (Å²) in [6.45, 7) is 6.30. The van der Waals surface area contributed by atoms with Crippen LogP contribution in [0.15, 0.2) is 54.6 Å². The number of amides is 1. The van der Waals surface area contributed by atoms with Gasteiger partial charge < -0.3 is 5.32 Å². The first-order valence-corrected chi connectivity index (χ1v) is 8.06. The Balaban J connectivity index is 1.76. The Hall–Kier alpha value is -2.88. The van der Waals surface area contributed by atoms with Crippen molar-refractivity contribution in [1.29, 1.82) is 0 Å². The van der Waals surface area contributed by atoms with Gasteiger partial charge in [0.05, 0.1) is 5.69 Å². The third-order valence-electron chi connectivity index (χ3n) is 3.98. The molecular weight excluding hydrogens is 298 g/mol. The molecule has 0 saturated carbocycles. The van der Waals surface area contributed by atoms with E-state index in [0.29, 0.717) is 11.6 Å². The number of hydrogen-bond acceptors (Lipinski definition) is 2. The van der Waals surface area contributed by atoms with E-state index in [0.717, 1.165) is 16.9 Å². The van der Waals surface area contributed by atoms with Gasteiger partial charge in [-0.2, -0.15) is 5.10 Å². The number of rotatable bonds is 4. The number of aromatic nitrogens is 2. The summed E-state index contributed by atoms with van der Waals surface area (Å²) in [7, 11) is 0. The Morgan fingerprint density at radius 2 is 1.83 bits per heavy atom. The highest BCUT2D eigenvalue weighted by Gasteiger charge is 2.12. The summed E-state index contributed by atoms with van der Waals surface area (Å²) >= 11 is 0. The molecule has 0 fully saturated rings. The zero-order chi connectivity index (χ0) is 17.1. The zero-order valence-corrected chi connectivity index (χ0v) is 14.1. The molecule has 1 aromatic heterocycles. The number of nitrogens with one attached hydrogen (secondary N) is 2. The third-order valence-corrected chi connectivity index (χ3v) is 3.98. The predicted octanol–water partition coefficient (Wildman–Crippen LogP) is 4.76. The molecule has 2 aromatic carbocycles. The van der Waals surface area contributed by atoms with Crippen molar-refractivity contribution in [1.82, 2.24) is 10.2 Å². The van der Waals surface area contributed by atoms with Gasteiger partial charge in [-0.15, -0.1) is 0 Å². The van der Waals surface area contributed by atoms with Crippen LogP contribution in [0.4, 0.5) is 5.69 Å². The number of hydrogen-bond donors (Lipinski definition) is 2. The largest absolute Gasteiger partial charge is 0.321 e. The van der Waals surface area contributed by atoms with Gasteiger partial charge >= 0.3 is 0 Å². The van der Waals surface area contributed by atoms with Crippen LogP contribution in [0, 0.1) is 6.92 Å². The normalized spacial score (nSPS) is 10.8. The molecule has 1 amide bonds.